The van der Waals surface area contributed by atoms with Crippen LogP contribution in [0.5, 0.6) is 0 Å². The highest BCUT2D eigenvalue weighted by molar-refractivity contribution is 6.18. The summed E-state index contributed by atoms with van der Waals surface area (Å²) < 4.78 is 9.60. The highest BCUT2D eigenvalue weighted by Gasteiger charge is 2.22. The molecule has 21 heavy (non-hydrogen) atoms. The zero-order valence-electron chi connectivity index (χ0n) is 12.7. The Morgan fingerprint density at radius 2 is 1.67 bits per heavy atom. The fraction of sp³-hybridized carbons (Fsp3) is 0.538. The molecule has 0 aliphatic rings. The summed E-state index contributed by atoms with van der Waals surface area (Å²) in [5.41, 5.74) is 5.64. The second-order valence-corrected chi connectivity index (χ2v) is 4.03. The number of aliphatic hydroxyl groups excluding tert-OH is 1. The maximum Gasteiger partial charge on any atom is 0.349 e. The Kier molecular flexibility index (Phi) is 8.43. The van der Waals surface area contributed by atoms with Gasteiger partial charge in [0.2, 0.25) is 0 Å². The van der Waals surface area contributed by atoms with Gasteiger partial charge in [0.25, 0.3) is 5.95 Å². The van der Waals surface area contributed by atoms with E-state index in [1.165, 1.54) is 6.92 Å². The van der Waals surface area contributed by atoms with Crippen LogP contribution in [0.3, 0.4) is 0 Å². The third kappa shape index (κ3) is 7.09. The van der Waals surface area contributed by atoms with E-state index in [0.29, 0.717) is 5.71 Å². The molecule has 0 amide bonds. The molecule has 0 atom stereocenters. The predicted molar refractivity (Wildman–Crippen MR) is 77.9 cm³/mol. The van der Waals surface area contributed by atoms with Gasteiger partial charge in [-0.3, -0.25) is 4.79 Å². The Labute approximate surface area is 123 Å². The second-order valence-electron chi connectivity index (χ2n) is 4.03. The smallest absolute Gasteiger partial charge is 0.349 e. The molecule has 0 aromatic rings. The van der Waals surface area contributed by atoms with Gasteiger partial charge in [0.15, 0.2) is 11.4 Å². The summed E-state index contributed by atoms with van der Waals surface area (Å²) in [5, 5.41) is 17.0. The SMILES string of the molecule is CCOC(=O)C(/C(N)=N/N=C(C)CC(C)=O)=C(/O)OCC. The fourth-order valence-corrected chi connectivity index (χ4v) is 1.30. The molecule has 0 unspecified atom stereocenters. The second kappa shape index (κ2) is 9.51. The number of amidine groups is 1. The number of carbonyl (C=O) groups is 2. The Morgan fingerprint density at radius 1 is 1.10 bits per heavy atom. The molecule has 0 aliphatic carbocycles. The van der Waals surface area contributed by atoms with Crippen LogP contribution in [0.2, 0.25) is 0 Å². The fourth-order valence-electron chi connectivity index (χ4n) is 1.30. The summed E-state index contributed by atoms with van der Waals surface area (Å²) >= 11 is 0. The van der Waals surface area contributed by atoms with Crippen molar-refractivity contribution in [1.82, 2.24) is 0 Å². The van der Waals surface area contributed by atoms with Crippen molar-refractivity contribution in [1.29, 1.82) is 0 Å². The standard InChI is InChI=1S/C13H21N3O5/c1-5-20-12(18)10(13(19)21-6-2)11(14)16-15-8(3)7-9(4)17/h18H,5-7H2,1-4H3,(H2,14,16)/b12-10-,15-8?. The highest BCUT2D eigenvalue weighted by Crippen LogP contribution is 2.07. The molecule has 0 fully saturated rings. The predicted octanol–water partition coefficient (Wildman–Crippen LogP) is 1.07. The summed E-state index contributed by atoms with van der Waals surface area (Å²) in [6.45, 7) is 6.47. The van der Waals surface area contributed by atoms with Crippen LogP contribution in [0.15, 0.2) is 21.7 Å². The lowest BCUT2D eigenvalue weighted by Crippen LogP contribution is -2.25. The van der Waals surface area contributed by atoms with E-state index < -0.39 is 17.5 Å². The number of hydrogen-bond donors (Lipinski definition) is 2. The minimum atomic E-state index is -0.871. The lowest BCUT2D eigenvalue weighted by molar-refractivity contribution is -0.138. The van der Waals surface area contributed by atoms with Gasteiger partial charge in [-0.2, -0.15) is 5.10 Å². The van der Waals surface area contributed by atoms with Crippen molar-refractivity contribution in [2.75, 3.05) is 13.2 Å². The van der Waals surface area contributed by atoms with Crippen LogP contribution < -0.4 is 5.73 Å². The van der Waals surface area contributed by atoms with Gasteiger partial charge in [-0.1, -0.05) is 0 Å². The number of rotatable bonds is 8. The van der Waals surface area contributed by atoms with Crippen LogP contribution in [0.1, 0.15) is 34.1 Å². The van der Waals surface area contributed by atoms with Gasteiger partial charge in [-0.15, -0.1) is 5.10 Å². The van der Waals surface area contributed by atoms with Gasteiger partial charge in [0.05, 0.1) is 13.2 Å². The van der Waals surface area contributed by atoms with E-state index in [2.05, 4.69) is 10.2 Å². The van der Waals surface area contributed by atoms with Gasteiger partial charge in [0.1, 0.15) is 5.78 Å². The van der Waals surface area contributed by atoms with E-state index >= 15 is 0 Å². The number of aliphatic hydroxyl groups is 1. The molecule has 0 saturated heterocycles. The molecule has 118 valence electrons. The zero-order chi connectivity index (χ0) is 16.4. The summed E-state index contributed by atoms with van der Waals surface area (Å²) in [4.78, 5) is 22.7. The number of ether oxygens (including phenoxy) is 2. The van der Waals surface area contributed by atoms with Crippen LogP contribution in [-0.2, 0) is 19.1 Å². The average Bonchev–Trinajstić information content (AvgIpc) is 2.36. The summed E-state index contributed by atoms with van der Waals surface area (Å²) in [6.07, 6.45) is 0.118. The molecule has 0 rings (SSSR count). The zero-order valence-corrected chi connectivity index (χ0v) is 12.7. The number of hydrogen-bond acceptors (Lipinski definition) is 7. The molecule has 0 bridgehead atoms. The molecule has 0 radical (unpaired) electrons. The van der Waals surface area contributed by atoms with Crippen molar-refractivity contribution < 1.29 is 24.2 Å². The number of Topliss-reactive ketones (excluding diaryl/α,β-unsaturated/α-hetero) is 1. The lowest BCUT2D eigenvalue weighted by Gasteiger charge is -2.08. The number of nitrogens with zero attached hydrogens (tertiary/aromatic N) is 2. The van der Waals surface area contributed by atoms with Gasteiger partial charge in [-0.05, 0) is 27.7 Å². The average molecular weight is 299 g/mol. The van der Waals surface area contributed by atoms with E-state index in [4.69, 9.17) is 15.2 Å². The Bertz CT molecular complexity index is 480. The lowest BCUT2D eigenvalue weighted by atomic mass is 10.2. The maximum atomic E-state index is 11.7. The quantitative estimate of drug-likeness (QED) is 0.172. The molecule has 8 nitrogen and oxygen atoms in total. The van der Waals surface area contributed by atoms with Crippen LogP contribution in [0.4, 0.5) is 0 Å². The number of esters is 1. The normalized spacial score (nSPS) is 13.5. The van der Waals surface area contributed by atoms with Crippen LogP contribution in [-0.4, -0.2) is 41.6 Å². The number of ketones is 1. The van der Waals surface area contributed by atoms with Crippen molar-refractivity contribution in [3.63, 3.8) is 0 Å². The molecule has 0 spiro atoms. The van der Waals surface area contributed by atoms with Gasteiger partial charge >= 0.3 is 5.97 Å². The van der Waals surface area contributed by atoms with E-state index in [9.17, 15) is 14.7 Å². The largest absolute Gasteiger partial charge is 0.480 e. The van der Waals surface area contributed by atoms with E-state index in [1.54, 1.807) is 20.8 Å². The summed E-state index contributed by atoms with van der Waals surface area (Å²) in [6, 6.07) is 0. The summed E-state index contributed by atoms with van der Waals surface area (Å²) in [7, 11) is 0. The molecular weight excluding hydrogens is 278 g/mol. The van der Waals surface area contributed by atoms with Gasteiger partial charge < -0.3 is 20.3 Å². The van der Waals surface area contributed by atoms with Gasteiger partial charge in [0, 0.05) is 12.1 Å². The molecule has 0 heterocycles. The Morgan fingerprint density at radius 3 is 2.14 bits per heavy atom. The first-order valence-corrected chi connectivity index (χ1v) is 6.42. The molecule has 0 aromatic heterocycles. The maximum absolute atomic E-state index is 11.7. The molecule has 8 heteroatoms. The first-order valence-electron chi connectivity index (χ1n) is 6.42. The molecular formula is C13H21N3O5. The summed E-state index contributed by atoms with van der Waals surface area (Å²) in [5.74, 6) is -1.99. The minimum Gasteiger partial charge on any atom is -0.480 e. The van der Waals surface area contributed by atoms with Crippen molar-refractivity contribution in [3.05, 3.63) is 11.5 Å². The highest BCUT2D eigenvalue weighted by atomic mass is 16.6. The van der Waals surface area contributed by atoms with Crippen LogP contribution in [0.25, 0.3) is 0 Å². The van der Waals surface area contributed by atoms with E-state index in [-0.39, 0.29) is 31.3 Å². The van der Waals surface area contributed by atoms with Crippen molar-refractivity contribution in [3.8, 4) is 0 Å². The molecule has 0 aromatic carbocycles. The van der Waals surface area contributed by atoms with Crippen LogP contribution in [0, 0.1) is 0 Å². The number of nitrogens with two attached hydrogens (primary N) is 1. The van der Waals surface area contributed by atoms with E-state index in [1.807, 2.05) is 0 Å². The Hall–Kier alpha value is -2.38. The molecule has 3 N–H and O–H groups in total. The topological polar surface area (TPSA) is 124 Å². The van der Waals surface area contributed by atoms with E-state index in [0.717, 1.165) is 0 Å². The molecule has 0 saturated carbocycles. The van der Waals surface area contributed by atoms with Crippen LogP contribution >= 0.6 is 0 Å². The third-order valence-electron chi connectivity index (χ3n) is 2.06. The van der Waals surface area contributed by atoms with Gasteiger partial charge in [-0.25, -0.2) is 4.79 Å². The first-order chi connectivity index (χ1) is 9.83. The van der Waals surface area contributed by atoms with Crippen molar-refractivity contribution in [2.45, 2.75) is 34.1 Å². The number of carbonyl (C=O) groups excluding carboxylic acids is 2. The van der Waals surface area contributed by atoms with Crippen molar-refractivity contribution >= 4 is 23.3 Å². The minimum absolute atomic E-state index is 0.0802. The third-order valence-corrected chi connectivity index (χ3v) is 2.06. The Balaban J connectivity index is 5.39. The van der Waals surface area contributed by atoms with Crippen molar-refractivity contribution in [2.24, 2.45) is 15.9 Å². The monoisotopic (exact) mass is 299 g/mol. The first kappa shape index (κ1) is 18.6. The molecule has 0 aliphatic heterocycles.